The fourth-order valence-corrected chi connectivity index (χ4v) is 3.77. The molecule has 0 bridgehead atoms. The molecule has 2 N–H and O–H groups in total. The van der Waals surface area contributed by atoms with Crippen LogP contribution in [-0.2, 0) is 9.84 Å². The molecular weight excluding hydrogens is 442 g/mol. The van der Waals surface area contributed by atoms with E-state index in [-0.39, 0.29) is 4.90 Å². The number of nitrogens with one attached hydrogen (secondary N) is 2. The number of sulfone groups is 1. The highest BCUT2D eigenvalue weighted by Gasteiger charge is 2.15. The number of ether oxygens (including phenoxy) is 1. The predicted octanol–water partition coefficient (Wildman–Crippen LogP) is 3.57. The van der Waals surface area contributed by atoms with E-state index in [0.29, 0.717) is 23.3 Å². The molecule has 33 heavy (non-hydrogen) atoms. The standard InChI is InChI=1S/C22H23N7O3S/c1-14-15(2)28-29(17-8-9-20(32-3)24-13-17)21(14)26-19-10-11-23-22(27-19)25-16-6-5-7-18(12-16)33(4,30)31/h5-13H,1-4H3,(H2,23,25,26,27). The monoisotopic (exact) mass is 465 g/mol. The van der Waals surface area contributed by atoms with Crippen LogP contribution in [-0.4, -0.2) is 46.5 Å². The highest BCUT2D eigenvalue weighted by atomic mass is 32.2. The molecule has 0 amide bonds. The molecule has 0 unspecified atom stereocenters. The molecule has 11 heteroatoms. The van der Waals surface area contributed by atoms with Crippen LogP contribution in [0.5, 0.6) is 5.88 Å². The van der Waals surface area contributed by atoms with Crippen LogP contribution in [0.3, 0.4) is 0 Å². The minimum absolute atomic E-state index is 0.213. The van der Waals surface area contributed by atoms with Gasteiger partial charge < -0.3 is 15.4 Å². The maximum atomic E-state index is 11.8. The first-order chi connectivity index (χ1) is 15.7. The van der Waals surface area contributed by atoms with Crippen LogP contribution >= 0.6 is 0 Å². The fraction of sp³-hybridized carbons (Fsp3) is 0.182. The van der Waals surface area contributed by atoms with E-state index in [1.807, 2.05) is 19.9 Å². The van der Waals surface area contributed by atoms with Gasteiger partial charge in [0.25, 0.3) is 0 Å². The molecule has 10 nitrogen and oxygen atoms in total. The van der Waals surface area contributed by atoms with Crippen LogP contribution in [0.2, 0.25) is 0 Å². The summed E-state index contributed by atoms with van der Waals surface area (Å²) in [5.41, 5.74) is 3.15. The molecule has 0 atom stereocenters. The third-order valence-electron chi connectivity index (χ3n) is 4.95. The first-order valence-electron chi connectivity index (χ1n) is 9.98. The molecule has 0 radical (unpaired) electrons. The lowest BCUT2D eigenvalue weighted by atomic mass is 10.3. The summed E-state index contributed by atoms with van der Waals surface area (Å²) >= 11 is 0. The number of hydrogen-bond donors (Lipinski definition) is 2. The van der Waals surface area contributed by atoms with E-state index in [1.54, 1.807) is 54.5 Å². The highest BCUT2D eigenvalue weighted by Crippen LogP contribution is 2.26. The topological polar surface area (TPSA) is 124 Å². The number of nitrogens with zero attached hydrogens (tertiary/aromatic N) is 5. The van der Waals surface area contributed by atoms with Crippen LogP contribution in [0.4, 0.5) is 23.3 Å². The lowest BCUT2D eigenvalue weighted by molar-refractivity contribution is 0.397. The Morgan fingerprint density at radius 1 is 1.03 bits per heavy atom. The van der Waals surface area contributed by atoms with Gasteiger partial charge in [-0.2, -0.15) is 10.1 Å². The number of pyridine rings is 1. The predicted molar refractivity (Wildman–Crippen MR) is 126 cm³/mol. The van der Waals surface area contributed by atoms with Crippen molar-refractivity contribution >= 4 is 33.1 Å². The molecule has 170 valence electrons. The van der Waals surface area contributed by atoms with Gasteiger partial charge in [-0.3, -0.25) is 0 Å². The van der Waals surface area contributed by atoms with Crippen molar-refractivity contribution in [2.75, 3.05) is 24.0 Å². The lowest BCUT2D eigenvalue weighted by Gasteiger charge is -2.12. The van der Waals surface area contributed by atoms with E-state index < -0.39 is 9.84 Å². The maximum absolute atomic E-state index is 11.8. The van der Waals surface area contributed by atoms with Gasteiger partial charge in [-0.25, -0.2) is 23.1 Å². The number of anilines is 4. The molecule has 0 spiro atoms. The van der Waals surface area contributed by atoms with Gasteiger partial charge in [0.15, 0.2) is 9.84 Å². The smallest absolute Gasteiger partial charge is 0.229 e. The summed E-state index contributed by atoms with van der Waals surface area (Å²) in [6, 6.07) is 11.9. The first kappa shape index (κ1) is 22.2. The average Bonchev–Trinajstić information content (AvgIpc) is 3.07. The van der Waals surface area contributed by atoms with Crippen molar-refractivity contribution in [1.82, 2.24) is 24.7 Å². The quantitative estimate of drug-likeness (QED) is 0.421. The fourth-order valence-electron chi connectivity index (χ4n) is 3.10. The van der Waals surface area contributed by atoms with Gasteiger partial charge in [-0.1, -0.05) is 6.07 Å². The zero-order chi connectivity index (χ0) is 23.6. The van der Waals surface area contributed by atoms with Crippen LogP contribution in [0.1, 0.15) is 11.3 Å². The third kappa shape index (κ3) is 4.93. The second-order valence-electron chi connectivity index (χ2n) is 7.35. The summed E-state index contributed by atoms with van der Waals surface area (Å²) in [6.45, 7) is 3.89. The molecule has 3 heterocycles. The molecule has 0 saturated carbocycles. The summed E-state index contributed by atoms with van der Waals surface area (Å²) < 4.78 is 30.5. The van der Waals surface area contributed by atoms with E-state index >= 15 is 0 Å². The van der Waals surface area contributed by atoms with Crippen LogP contribution in [0.25, 0.3) is 5.69 Å². The third-order valence-corrected chi connectivity index (χ3v) is 6.06. The van der Waals surface area contributed by atoms with Crippen molar-refractivity contribution in [3.05, 3.63) is 66.1 Å². The van der Waals surface area contributed by atoms with Crippen molar-refractivity contribution in [2.45, 2.75) is 18.7 Å². The van der Waals surface area contributed by atoms with Gasteiger partial charge in [-0.15, -0.1) is 0 Å². The van der Waals surface area contributed by atoms with Crippen LogP contribution in [0.15, 0.2) is 59.8 Å². The first-order valence-corrected chi connectivity index (χ1v) is 11.9. The largest absolute Gasteiger partial charge is 0.481 e. The Hall–Kier alpha value is -3.99. The van der Waals surface area contributed by atoms with E-state index in [2.05, 4.69) is 30.7 Å². The number of benzene rings is 1. The Morgan fingerprint density at radius 2 is 1.85 bits per heavy atom. The normalized spacial score (nSPS) is 11.3. The Kier molecular flexibility index (Phi) is 5.97. The van der Waals surface area contributed by atoms with Gasteiger partial charge in [0.05, 0.1) is 29.6 Å². The van der Waals surface area contributed by atoms with E-state index in [4.69, 9.17) is 4.74 Å². The van der Waals surface area contributed by atoms with Gasteiger partial charge in [-0.05, 0) is 44.2 Å². The molecule has 0 aliphatic heterocycles. The van der Waals surface area contributed by atoms with Crippen molar-refractivity contribution in [2.24, 2.45) is 0 Å². The zero-order valence-electron chi connectivity index (χ0n) is 18.6. The summed E-state index contributed by atoms with van der Waals surface area (Å²) in [6.07, 6.45) is 4.45. The Bertz CT molecular complexity index is 1400. The van der Waals surface area contributed by atoms with Crippen LogP contribution < -0.4 is 15.4 Å². The summed E-state index contributed by atoms with van der Waals surface area (Å²) in [5, 5.41) is 11.0. The molecule has 1 aromatic carbocycles. The molecule has 0 saturated heterocycles. The summed E-state index contributed by atoms with van der Waals surface area (Å²) in [7, 11) is -1.76. The number of aryl methyl sites for hydroxylation is 1. The number of aromatic nitrogens is 5. The Labute approximate surface area is 191 Å². The van der Waals surface area contributed by atoms with Crippen LogP contribution in [0, 0.1) is 13.8 Å². The molecule has 3 aromatic heterocycles. The lowest BCUT2D eigenvalue weighted by Crippen LogP contribution is -2.06. The van der Waals surface area contributed by atoms with Crippen molar-refractivity contribution in [3.63, 3.8) is 0 Å². The van der Waals surface area contributed by atoms with Crippen molar-refractivity contribution in [3.8, 4) is 11.6 Å². The van der Waals surface area contributed by atoms with Gasteiger partial charge in [0, 0.05) is 29.8 Å². The SMILES string of the molecule is COc1ccc(-n2nc(C)c(C)c2Nc2ccnc(Nc3cccc(S(C)(=O)=O)c3)n2)cn1. The number of methoxy groups -OCH3 is 1. The zero-order valence-corrected chi connectivity index (χ0v) is 19.4. The van der Waals surface area contributed by atoms with Crippen molar-refractivity contribution < 1.29 is 13.2 Å². The minimum atomic E-state index is -3.32. The van der Waals surface area contributed by atoms with Gasteiger partial charge in [0.2, 0.25) is 11.8 Å². The minimum Gasteiger partial charge on any atom is -0.481 e. The van der Waals surface area contributed by atoms with Gasteiger partial charge in [0.1, 0.15) is 11.6 Å². The second-order valence-corrected chi connectivity index (χ2v) is 9.36. The number of hydrogen-bond acceptors (Lipinski definition) is 9. The summed E-state index contributed by atoms with van der Waals surface area (Å²) in [5.74, 6) is 2.11. The Morgan fingerprint density at radius 3 is 2.55 bits per heavy atom. The van der Waals surface area contributed by atoms with Gasteiger partial charge >= 0.3 is 0 Å². The number of rotatable bonds is 7. The molecule has 0 aliphatic rings. The Balaban J connectivity index is 1.62. The van der Waals surface area contributed by atoms with E-state index in [0.717, 1.165) is 22.8 Å². The molecular formula is C22H23N7O3S. The second kappa shape index (κ2) is 8.87. The molecule has 0 fully saturated rings. The van der Waals surface area contributed by atoms with E-state index in [1.165, 1.54) is 12.3 Å². The molecule has 4 rings (SSSR count). The maximum Gasteiger partial charge on any atom is 0.229 e. The highest BCUT2D eigenvalue weighted by molar-refractivity contribution is 7.90. The van der Waals surface area contributed by atoms with Crippen molar-refractivity contribution in [1.29, 1.82) is 0 Å². The summed E-state index contributed by atoms with van der Waals surface area (Å²) in [4.78, 5) is 13.2. The molecule has 0 aliphatic carbocycles. The molecule has 4 aromatic rings. The van der Waals surface area contributed by atoms with E-state index in [9.17, 15) is 8.42 Å². The average molecular weight is 466 g/mol.